The molecular weight excluding hydrogens is 326 g/mol. The summed E-state index contributed by atoms with van der Waals surface area (Å²) in [5, 5.41) is 16.1. The molecule has 0 radical (unpaired) electrons. The van der Waals surface area contributed by atoms with Gasteiger partial charge in [-0.15, -0.1) is 5.10 Å². The Morgan fingerprint density at radius 2 is 1.88 bits per heavy atom. The summed E-state index contributed by atoms with van der Waals surface area (Å²) in [7, 11) is 1.67. The second kappa shape index (κ2) is 7.15. The van der Waals surface area contributed by atoms with Gasteiger partial charge >= 0.3 is 0 Å². The van der Waals surface area contributed by atoms with Gasteiger partial charge in [0.25, 0.3) is 0 Å². The fraction of sp³-hybridized carbons (Fsp3) is 0.350. The van der Waals surface area contributed by atoms with E-state index in [2.05, 4.69) is 66.7 Å². The number of nitrogens with zero attached hydrogens (tertiary/aromatic N) is 4. The quantitative estimate of drug-likeness (QED) is 0.730. The number of hydrogen-bond acceptors (Lipinski definition) is 5. The molecular formula is C20H25N5O. The summed E-state index contributed by atoms with van der Waals surface area (Å²) < 4.78 is 7.30. The molecule has 0 bridgehead atoms. The summed E-state index contributed by atoms with van der Waals surface area (Å²) in [6.07, 6.45) is 0.913. The molecule has 0 atom stereocenters. The van der Waals surface area contributed by atoms with E-state index >= 15 is 0 Å². The number of hydrogen-bond donors (Lipinski definition) is 1. The lowest BCUT2D eigenvalue weighted by Crippen LogP contribution is -2.32. The van der Waals surface area contributed by atoms with Crippen LogP contribution in [-0.2, 0) is 12.0 Å². The number of rotatable bonds is 6. The Hall–Kier alpha value is -2.89. The molecule has 0 aliphatic rings. The summed E-state index contributed by atoms with van der Waals surface area (Å²) in [6, 6.07) is 14.1. The predicted molar refractivity (Wildman–Crippen MR) is 103 cm³/mol. The maximum absolute atomic E-state index is 5.46. The minimum Gasteiger partial charge on any atom is -0.495 e. The van der Waals surface area contributed by atoms with Gasteiger partial charge in [0.15, 0.2) is 5.82 Å². The summed E-state index contributed by atoms with van der Waals surface area (Å²) in [5.41, 5.74) is 3.79. The molecule has 26 heavy (non-hydrogen) atoms. The van der Waals surface area contributed by atoms with Crippen molar-refractivity contribution in [3.05, 3.63) is 59.4 Å². The number of anilines is 1. The molecule has 6 nitrogen and oxygen atoms in total. The largest absolute Gasteiger partial charge is 0.495 e. The van der Waals surface area contributed by atoms with Gasteiger partial charge in [-0.3, -0.25) is 0 Å². The second-order valence-corrected chi connectivity index (χ2v) is 6.80. The molecule has 0 amide bonds. The van der Waals surface area contributed by atoms with Crippen LogP contribution in [-0.4, -0.2) is 27.3 Å². The first-order valence-corrected chi connectivity index (χ1v) is 8.77. The van der Waals surface area contributed by atoms with Crippen LogP contribution >= 0.6 is 0 Å². The van der Waals surface area contributed by atoms with Crippen LogP contribution in [0.4, 0.5) is 5.69 Å². The molecule has 6 heteroatoms. The van der Waals surface area contributed by atoms with Crippen molar-refractivity contribution in [2.24, 2.45) is 0 Å². The van der Waals surface area contributed by atoms with Crippen molar-refractivity contribution in [2.45, 2.75) is 39.7 Å². The lowest BCUT2D eigenvalue weighted by atomic mass is 10.0. The Morgan fingerprint density at radius 3 is 2.62 bits per heavy atom. The van der Waals surface area contributed by atoms with Crippen molar-refractivity contribution < 1.29 is 4.74 Å². The molecule has 1 aromatic heterocycles. The number of tetrazole rings is 1. The lowest BCUT2D eigenvalue weighted by Gasteiger charge is -2.28. The van der Waals surface area contributed by atoms with Crippen LogP contribution in [0.25, 0.3) is 5.69 Å². The first-order chi connectivity index (χ1) is 12.5. The van der Waals surface area contributed by atoms with Crippen molar-refractivity contribution in [1.82, 2.24) is 20.2 Å². The van der Waals surface area contributed by atoms with E-state index in [1.165, 1.54) is 5.56 Å². The van der Waals surface area contributed by atoms with Crippen LogP contribution in [0.5, 0.6) is 5.75 Å². The fourth-order valence-electron chi connectivity index (χ4n) is 3.18. The first-order valence-electron chi connectivity index (χ1n) is 8.77. The highest BCUT2D eigenvalue weighted by molar-refractivity contribution is 5.58. The smallest absolute Gasteiger partial charge is 0.181 e. The van der Waals surface area contributed by atoms with Crippen molar-refractivity contribution >= 4 is 5.69 Å². The topological polar surface area (TPSA) is 64.9 Å². The van der Waals surface area contributed by atoms with E-state index in [1.54, 1.807) is 7.11 Å². The van der Waals surface area contributed by atoms with E-state index in [1.807, 2.05) is 28.9 Å². The minimum absolute atomic E-state index is 0.509. The fourth-order valence-corrected chi connectivity index (χ4v) is 3.18. The SMILES string of the molecule is CCc1cccc(C)c1-n1nnnc1C(C)(C)Nc1ccccc1OC. The average Bonchev–Trinajstić information content (AvgIpc) is 3.12. The van der Waals surface area contributed by atoms with Crippen molar-refractivity contribution in [2.75, 3.05) is 12.4 Å². The highest BCUT2D eigenvalue weighted by atomic mass is 16.5. The van der Waals surface area contributed by atoms with E-state index in [-0.39, 0.29) is 0 Å². The highest BCUT2D eigenvalue weighted by Crippen LogP contribution is 2.32. The van der Waals surface area contributed by atoms with Gasteiger partial charge < -0.3 is 10.1 Å². The van der Waals surface area contributed by atoms with Crippen LogP contribution in [0, 0.1) is 6.92 Å². The molecule has 1 heterocycles. The van der Waals surface area contributed by atoms with Crippen molar-refractivity contribution in [3.63, 3.8) is 0 Å². The van der Waals surface area contributed by atoms with E-state index in [9.17, 15) is 0 Å². The number of methoxy groups -OCH3 is 1. The number of nitrogens with one attached hydrogen (secondary N) is 1. The minimum atomic E-state index is -0.509. The van der Waals surface area contributed by atoms with E-state index < -0.39 is 5.54 Å². The van der Waals surface area contributed by atoms with Gasteiger partial charge in [0.05, 0.1) is 24.0 Å². The van der Waals surface area contributed by atoms with Gasteiger partial charge in [-0.25, -0.2) is 0 Å². The third-order valence-electron chi connectivity index (χ3n) is 4.50. The van der Waals surface area contributed by atoms with Crippen LogP contribution < -0.4 is 10.1 Å². The highest BCUT2D eigenvalue weighted by Gasteiger charge is 2.30. The van der Waals surface area contributed by atoms with Crippen molar-refractivity contribution in [1.29, 1.82) is 0 Å². The summed E-state index contributed by atoms with van der Waals surface area (Å²) in [4.78, 5) is 0. The molecule has 0 fully saturated rings. The van der Waals surface area contributed by atoms with Gasteiger partial charge in [-0.05, 0) is 60.9 Å². The molecule has 0 saturated heterocycles. The Balaban J connectivity index is 2.05. The molecule has 0 aliphatic heterocycles. The Bertz CT molecular complexity index is 901. The normalized spacial score (nSPS) is 11.4. The second-order valence-electron chi connectivity index (χ2n) is 6.80. The Labute approximate surface area is 154 Å². The number of aryl methyl sites for hydroxylation is 2. The standard InChI is InChI=1S/C20H25N5O/c1-6-15-11-9-10-14(2)18(15)25-19(22-23-24-25)20(3,4)21-16-12-7-8-13-17(16)26-5/h7-13,21H,6H2,1-5H3. The van der Waals surface area contributed by atoms with E-state index in [0.717, 1.165) is 34.9 Å². The summed E-state index contributed by atoms with van der Waals surface area (Å²) >= 11 is 0. The van der Waals surface area contributed by atoms with Crippen LogP contribution in [0.15, 0.2) is 42.5 Å². The van der Waals surface area contributed by atoms with Gasteiger partial charge in [0.1, 0.15) is 5.75 Å². The van der Waals surface area contributed by atoms with Gasteiger partial charge in [0.2, 0.25) is 0 Å². The molecule has 2 aromatic carbocycles. The molecule has 1 N–H and O–H groups in total. The van der Waals surface area contributed by atoms with Gasteiger partial charge in [0, 0.05) is 0 Å². The Morgan fingerprint density at radius 1 is 1.12 bits per heavy atom. The molecule has 0 aliphatic carbocycles. The Kier molecular flexibility index (Phi) is 4.93. The van der Waals surface area contributed by atoms with E-state index in [0.29, 0.717) is 0 Å². The third kappa shape index (κ3) is 3.27. The third-order valence-corrected chi connectivity index (χ3v) is 4.50. The van der Waals surface area contributed by atoms with Gasteiger partial charge in [-0.2, -0.15) is 4.68 Å². The zero-order chi connectivity index (χ0) is 18.7. The molecule has 0 spiro atoms. The molecule has 3 rings (SSSR count). The maximum atomic E-state index is 5.46. The molecule has 0 unspecified atom stereocenters. The van der Waals surface area contributed by atoms with Crippen LogP contribution in [0.2, 0.25) is 0 Å². The lowest BCUT2D eigenvalue weighted by molar-refractivity contribution is 0.414. The number of ether oxygens (including phenoxy) is 1. The summed E-state index contributed by atoms with van der Waals surface area (Å²) in [5.74, 6) is 1.53. The molecule has 0 saturated carbocycles. The van der Waals surface area contributed by atoms with Crippen LogP contribution in [0.3, 0.4) is 0 Å². The summed E-state index contributed by atoms with van der Waals surface area (Å²) in [6.45, 7) is 8.35. The zero-order valence-electron chi connectivity index (χ0n) is 15.9. The monoisotopic (exact) mass is 351 g/mol. The van der Waals surface area contributed by atoms with Gasteiger partial charge in [-0.1, -0.05) is 37.3 Å². The number of benzene rings is 2. The maximum Gasteiger partial charge on any atom is 0.181 e. The van der Waals surface area contributed by atoms with Crippen molar-refractivity contribution in [3.8, 4) is 11.4 Å². The van der Waals surface area contributed by atoms with E-state index in [4.69, 9.17) is 4.74 Å². The first kappa shape index (κ1) is 17.9. The predicted octanol–water partition coefficient (Wildman–Crippen LogP) is 3.89. The van der Waals surface area contributed by atoms with Crippen LogP contribution in [0.1, 0.15) is 37.7 Å². The average molecular weight is 351 g/mol. The molecule has 3 aromatic rings. The number of aromatic nitrogens is 4. The zero-order valence-corrected chi connectivity index (χ0v) is 15.9. The molecule has 136 valence electrons. The number of para-hydroxylation sites is 3.